The molecule has 1 amide bonds. The van der Waals surface area contributed by atoms with Crippen molar-refractivity contribution in [2.75, 3.05) is 13.2 Å². The zero-order valence-electron chi connectivity index (χ0n) is 9.76. The maximum absolute atomic E-state index is 10.9. The van der Waals surface area contributed by atoms with Crippen molar-refractivity contribution < 1.29 is 14.3 Å². The van der Waals surface area contributed by atoms with Gasteiger partial charge < -0.3 is 14.8 Å². The predicted octanol–water partition coefficient (Wildman–Crippen LogP) is 2.33. The molecule has 92 valence electrons. The van der Waals surface area contributed by atoms with Gasteiger partial charge in [0.25, 0.3) is 0 Å². The standard InChI is InChI=1S/C14H13NO3/c16-14-15-8-11(18-14)9-17-13-7-3-5-10-4-1-2-6-12(10)13/h1-7,11H,8-9H2,(H,15,16)/t11-/m0/s1. The summed E-state index contributed by atoms with van der Waals surface area (Å²) in [4.78, 5) is 10.9. The number of nitrogens with one attached hydrogen (secondary N) is 1. The van der Waals surface area contributed by atoms with Crippen LogP contribution in [0.25, 0.3) is 10.8 Å². The van der Waals surface area contributed by atoms with Crippen molar-refractivity contribution in [2.45, 2.75) is 6.10 Å². The molecule has 2 aromatic rings. The molecule has 1 aliphatic heterocycles. The molecule has 1 heterocycles. The third-order valence-corrected chi connectivity index (χ3v) is 2.92. The number of hydrogen-bond donors (Lipinski definition) is 1. The van der Waals surface area contributed by atoms with Crippen molar-refractivity contribution in [1.82, 2.24) is 5.32 Å². The summed E-state index contributed by atoms with van der Waals surface area (Å²) < 4.78 is 10.8. The van der Waals surface area contributed by atoms with Gasteiger partial charge in [0.2, 0.25) is 0 Å². The summed E-state index contributed by atoms with van der Waals surface area (Å²) in [6, 6.07) is 14.0. The zero-order chi connectivity index (χ0) is 12.4. The van der Waals surface area contributed by atoms with E-state index in [1.165, 1.54) is 0 Å². The highest BCUT2D eigenvalue weighted by molar-refractivity contribution is 5.88. The van der Waals surface area contributed by atoms with Gasteiger partial charge in [0, 0.05) is 5.39 Å². The minimum absolute atomic E-state index is 0.212. The normalized spacial score (nSPS) is 18.4. The average Bonchev–Trinajstić information content (AvgIpc) is 2.82. The van der Waals surface area contributed by atoms with E-state index in [1.807, 2.05) is 42.5 Å². The Kier molecular flexibility index (Phi) is 2.76. The molecular formula is C14H13NO3. The van der Waals surface area contributed by atoms with Crippen molar-refractivity contribution in [3.63, 3.8) is 0 Å². The van der Waals surface area contributed by atoms with Crippen LogP contribution in [0.15, 0.2) is 42.5 Å². The quantitative estimate of drug-likeness (QED) is 0.900. The van der Waals surface area contributed by atoms with Crippen molar-refractivity contribution >= 4 is 16.9 Å². The van der Waals surface area contributed by atoms with Crippen molar-refractivity contribution in [1.29, 1.82) is 0 Å². The summed E-state index contributed by atoms with van der Waals surface area (Å²) in [5.41, 5.74) is 0. The fourth-order valence-electron chi connectivity index (χ4n) is 2.03. The van der Waals surface area contributed by atoms with Crippen LogP contribution in [0.2, 0.25) is 0 Å². The van der Waals surface area contributed by atoms with E-state index in [0.717, 1.165) is 16.5 Å². The first-order valence-electron chi connectivity index (χ1n) is 5.88. The summed E-state index contributed by atoms with van der Waals surface area (Å²) in [5, 5.41) is 4.80. The van der Waals surface area contributed by atoms with Crippen molar-refractivity contribution in [3.8, 4) is 5.75 Å². The van der Waals surface area contributed by atoms with Crippen LogP contribution >= 0.6 is 0 Å². The summed E-state index contributed by atoms with van der Waals surface area (Å²) in [7, 11) is 0. The maximum Gasteiger partial charge on any atom is 0.407 e. The molecule has 0 saturated carbocycles. The fourth-order valence-corrected chi connectivity index (χ4v) is 2.03. The molecule has 1 fully saturated rings. The maximum atomic E-state index is 10.9. The molecule has 4 nitrogen and oxygen atoms in total. The zero-order valence-corrected chi connectivity index (χ0v) is 9.76. The Bertz CT molecular complexity index is 577. The summed E-state index contributed by atoms with van der Waals surface area (Å²) in [5.74, 6) is 0.816. The molecule has 0 unspecified atom stereocenters. The monoisotopic (exact) mass is 243 g/mol. The number of rotatable bonds is 3. The number of fused-ring (bicyclic) bond motifs is 1. The lowest BCUT2D eigenvalue weighted by Gasteiger charge is -2.12. The second kappa shape index (κ2) is 4.56. The third-order valence-electron chi connectivity index (χ3n) is 2.92. The van der Waals surface area contributed by atoms with E-state index in [0.29, 0.717) is 13.2 Å². The van der Waals surface area contributed by atoms with E-state index in [9.17, 15) is 4.79 Å². The van der Waals surface area contributed by atoms with Crippen molar-refractivity contribution in [3.05, 3.63) is 42.5 Å². The molecule has 3 rings (SSSR count). The molecule has 0 spiro atoms. The molecule has 18 heavy (non-hydrogen) atoms. The minimum atomic E-state index is -0.374. The molecule has 1 N–H and O–H groups in total. The highest BCUT2D eigenvalue weighted by atomic mass is 16.6. The molecule has 4 heteroatoms. The Hall–Kier alpha value is -2.23. The smallest absolute Gasteiger partial charge is 0.407 e. The minimum Gasteiger partial charge on any atom is -0.489 e. The molecule has 0 radical (unpaired) electrons. The number of alkyl carbamates (subject to hydrolysis) is 1. The summed E-state index contributed by atoms with van der Waals surface area (Å²) >= 11 is 0. The SMILES string of the molecule is O=C1NC[C@@H](COc2cccc3ccccc23)O1. The number of benzene rings is 2. The molecule has 0 aromatic heterocycles. The van der Waals surface area contributed by atoms with Gasteiger partial charge in [0.1, 0.15) is 12.4 Å². The molecule has 0 aliphatic carbocycles. The first-order chi connectivity index (χ1) is 8.83. The van der Waals surface area contributed by atoms with Crippen LogP contribution in [0.4, 0.5) is 4.79 Å². The fraction of sp³-hybridized carbons (Fsp3) is 0.214. The molecule has 1 atom stereocenters. The highest BCUT2D eigenvalue weighted by Gasteiger charge is 2.23. The topological polar surface area (TPSA) is 47.6 Å². The lowest BCUT2D eigenvalue weighted by Crippen LogP contribution is -2.21. The van der Waals surface area contributed by atoms with Crippen LogP contribution in [0.1, 0.15) is 0 Å². The molecule has 2 aromatic carbocycles. The van der Waals surface area contributed by atoms with E-state index in [2.05, 4.69) is 5.32 Å². The lowest BCUT2D eigenvalue weighted by molar-refractivity contribution is 0.105. The van der Waals surface area contributed by atoms with Gasteiger partial charge in [0.15, 0.2) is 6.10 Å². The van der Waals surface area contributed by atoms with E-state index in [1.54, 1.807) is 0 Å². The number of cyclic esters (lactones) is 1. The second-order valence-corrected chi connectivity index (χ2v) is 4.20. The van der Waals surface area contributed by atoms with E-state index in [4.69, 9.17) is 9.47 Å². The molecule has 0 bridgehead atoms. The summed E-state index contributed by atoms with van der Waals surface area (Å²) in [6.45, 7) is 0.871. The van der Waals surface area contributed by atoms with E-state index in [-0.39, 0.29) is 12.2 Å². The van der Waals surface area contributed by atoms with Gasteiger partial charge >= 0.3 is 6.09 Å². The molecule has 1 saturated heterocycles. The second-order valence-electron chi connectivity index (χ2n) is 4.20. The van der Waals surface area contributed by atoms with Crippen LogP contribution in [0, 0.1) is 0 Å². The van der Waals surface area contributed by atoms with Gasteiger partial charge in [-0.05, 0) is 11.5 Å². The first-order valence-corrected chi connectivity index (χ1v) is 5.88. The number of hydrogen-bond acceptors (Lipinski definition) is 3. The largest absolute Gasteiger partial charge is 0.489 e. The summed E-state index contributed by atoms with van der Waals surface area (Å²) in [6.07, 6.45) is -0.585. The van der Waals surface area contributed by atoms with Crippen LogP contribution in [-0.4, -0.2) is 25.3 Å². The van der Waals surface area contributed by atoms with Gasteiger partial charge in [-0.1, -0.05) is 36.4 Å². The Balaban J connectivity index is 1.76. The van der Waals surface area contributed by atoms with Crippen LogP contribution in [0.5, 0.6) is 5.75 Å². The lowest BCUT2D eigenvalue weighted by atomic mass is 10.1. The van der Waals surface area contributed by atoms with E-state index < -0.39 is 0 Å². The molecule has 1 aliphatic rings. The Labute approximate surface area is 105 Å². The van der Waals surface area contributed by atoms with Crippen molar-refractivity contribution in [2.24, 2.45) is 0 Å². The average molecular weight is 243 g/mol. The third kappa shape index (κ3) is 2.09. The van der Waals surface area contributed by atoms with E-state index >= 15 is 0 Å². The van der Waals surface area contributed by atoms with Gasteiger partial charge in [-0.2, -0.15) is 0 Å². The van der Waals surface area contributed by atoms with Gasteiger partial charge in [0.05, 0.1) is 6.54 Å². The van der Waals surface area contributed by atoms with Crippen LogP contribution in [-0.2, 0) is 4.74 Å². The number of amides is 1. The first kappa shape index (κ1) is 10.9. The van der Waals surface area contributed by atoms with Gasteiger partial charge in [-0.3, -0.25) is 0 Å². The van der Waals surface area contributed by atoms with Gasteiger partial charge in [-0.15, -0.1) is 0 Å². The predicted molar refractivity (Wildman–Crippen MR) is 67.7 cm³/mol. The Morgan fingerprint density at radius 1 is 1.22 bits per heavy atom. The number of carbonyl (C=O) groups excluding carboxylic acids is 1. The van der Waals surface area contributed by atoms with Crippen LogP contribution in [0.3, 0.4) is 0 Å². The van der Waals surface area contributed by atoms with Gasteiger partial charge in [-0.25, -0.2) is 4.79 Å². The Morgan fingerprint density at radius 2 is 2.06 bits per heavy atom. The highest BCUT2D eigenvalue weighted by Crippen LogP contribution is 2.25. The van der Waals surface area contributed by atoms with Crippen LogP contribution < -0.4 is 10.1 Å². The Morgan fingerprint density at radius 3 is 2.89 bits per heavy atom. The number of carbonyl (C=O) groups is 1. The molecular weight excluding hydrogens is 230 g/mol. The number of ether oxygens (including phenoxy) is 2.